The summed E-state index contributed by atoms with van der Waals surface area (Å²) in [5.74, 6) is 1.59. The van der Waals surface area contributed by atoms with Crippen LogP contribution >= 0.6 is 0 Å². The number of para-hydroxylation sites is 2. The summed E-state index contributed by atoms with van der Waals surface area (Å²) in [6.45, 7) is 0.886. The Balaban J connectivity index is 1.64. The van der Waals surface area contributed by atoms with E-state index in [2.05, 4.69) is 9.88 Å². The lowest BCUT2D eigenvalue weighted by Crippen LogP contribution is -2.44. The lowest BCUT2D eigenvalue weighted by molar-refractivity contribution is -0.142. The molecule has 1 aliphatic heterocycles. The standard InChI is InChI=1S/C17H21N3O/c21-17(12-6-5-7-12)20-11-4-3-10-15(20)16-18-13-8-1-2-9-14(13)19-16/h1-2,8-9,12,15H,3-7,10-11H2,(H,18,19)/t15-/m0/s1. The number of fused-ring (bicyclic) bond motifs is 1. The number of aromatic amines is 1. The van der Waals surface area contributed by atoms with Gasteiger partial charge in [-0.2, -0.15) is 0 Å². The van der Waals surface area contributed by atoms with E-state index in [1.54, 1.807) is 0 Å². The Kier molecular flexibility index (Phi) is 3.17. The smallest absolute Gasteiger partial charge is 0.226 e. The van der Waals surface area contributed by atoms with Crippen molar-refractivity contribution in [3.63, 3.8) is 0 Å². The molecule has 4 rings (SSSR count). The molecule has 1 atom stereocenters. The summed E-state index contributed by atoms with van der Waals surface area (Å²) < 4.78 is 0. The molecule has 0 bridgehead atoms. The van der Waals surface area contributed by atoms with E-state index in [0.717, 1.165) is 49.1 Å². The number of H-pyrrole nitrogens is 1. The summed E-state index contributed by atoms with van der Waals surface area (Å²) in [7, 11) is 0. The van der Waals surface area contributed by atoms with E-state index in [1.165, 1.54) is 12.8 Å². The van der Waals surface area contributed by atoms with Crippen molar-refractivity contribution in [3.8, 4) is 0 Å². The number of amides is 1. The van der Waals surface area contributed by atoms with Gasteiger partial charge in [-0.05, 0) is 44.2 Å². The fourth-order valence-electron chi connectivity index (χ4n) is 3.50. The van der Waals surface area contributed by atoms with Crippen LogP contribution < -0.4 is 0 Å². The number of piperidine rings is 1. The molecule has 0 radical (unpaired) electrons. The highest BCUT2D eigenvalue weighted by atomic mass is 16.2. The van der Waals surface area contributed by atoms with Gasteiger partial charge in [0.2, 0.25) is 5.91 Å². The van der Waals surface area contributed by atoms with E-state index in [0.29, 0.717) is 5.91 Å². The zero-order valence-electron chi connectivity index (χ0n) is 12.2. The van der Waals surface area contributed by atoms with Crippen molar-refractivity contribution in [2.75, 3.05) is 6.54 Å². The van der Waals surface area contributed by atoms with E-state index < -0.39 is 0 Å². The summed E-state index contributed by atoms with van der Waals surface area (Å²) in [6.07, 6.45) is 6.67. The van der Waals surface area contributed by atoms with Gasteiger partial charge >= 0.3 is 0 Å². The number of benzene rings is 1. The van der Waals surface area contributed by atoms with Gasteiger partial charge in [0.15, 0.2) is 0 Å². The summed E-state index contributed by atoms with van der Waals surface area (Å²) in [5.41, 5.74) is 2.06. The Morgan fingerprint density at radius 3 is 2.76 bits per heavy atom. The molecule has 1 saturated carbocycles. The topological polar surface area (TPSA) is 49.0 Å². The zero-order valence-corrected chi connectivity index (χ0v) is 12.2. The number of nitrogens with one attached hydrogen (secondary N) is 1. The number of imidazole rings is 1. The highest BCUT2D eigenvalue weighted by Crippen LogP contribution is 2.35. The van der Waals surface area contributed by atoms with E-state index in [1.807, 2.05) is 24.3 Å². The highest BCUT2D eigenvalue weighted by molar-refractivity contribution is 5.80. The summed E-state index contributed by atoms with van der Waals surface area (Å²) in [4.78, 5) is 22.9. The van der Waals surface area contributed by atoms with Gasteiger partial charge in [-0.15, -0.1) is 0 Å². The normalized spacial score (nSPS) is 23.2. The number of hydrogen-bond acceptors (Lipinski definition) is 2. The van der Waals surface area contributed by atoms with Crippen molar-refractivity contribution in [1.29, 1.82) is 0 Å². The Hall–Kier alpha value is -1.84. The first-order chi connectivity index (χ1) is 10.3. The highest BCUT2D eigenvalue weighted by Gasteiger charge is 2.36. The largest absolute Gasteiger partial charge is 0.340 e. The van der Waals surface area contributed by atoms with Crippen LogP contribution in [0.25, 0.3) is 11.0 Å². The number of aromatic nitrogens is 2. The number of carbonyl (C=O) groups is 1. The molecule has 1 aromatic carbocycles. The second-order valence-corrected chi connectivity index (χ2v) is 6.31. The van der Waals surface area contributed by atoms with Gasteiger partial charge in [0, 0.05) is 12.5 Å². The van der Waals surface area contributed by atoms with Gasteiger partial charge in [-0.25, -0.2) is 4.98 Å². The van der Waals surface area contributed by atoms with Crippen molar-refractivity contribution in [2.24, 2.45) is 5.92 Å². The maximum absolute atomic E-state index is 12.7. The monoisotopic (exact) mass is 283 g/mol. The van der Waals surface area contributed by atoms with Crippen LogP contribution in [0.5, 0.6) is 0 Å². The van der Waals surface area contributed by atoms with Crippen LogP contribution in [0.1, 0.15) is 50.4 Å². The molecule has 0 spiro atoms. The fourth-order valence-corrected chi connectivity index (χ4v) is 3.50. The van der Waals surface area contributed by atoms with Crippen LogP contribution in [0.2, 0.25) is 0 Å². The minimum atomic E-state index is 0.138. The SMILES string of the molecule is O=C(C1CCC1)N1CCCC[C@H]1c1nc2ccccc2[nH]1. The molecule has 0 unspecified atom stereocenters. The number of likely N-dealkylation sites (tertiary alicyclic amines) is 1. The molecule has 110 valence electrons. The molecule has 21 heavy (non-hydrogen) atoms. The summed E-state index contributed by atoms with van der Waals surface area (Å²) in [5, 5.41) is 0. The van der Waals surface area contributed by atoms with Crippen LogP contribution in [-0.2, 0) is 4.79 Å². The third-order valence-corrected chi connectivity index (χ3v) is 4.96. The summed E-state index contributed by atoms with van der Waals surface area (Å²) >= 11 is 0. The van der Waals surface area contributed by atoms with E-state index in [4.69, 9.17) is 4.98 Å². The van der Waals surface area contributed by atoms with E-state index in [9.17, 15) is 4.79 Å². The van der Waals surface area contributed by atoms with Gasteiger partial charge in [0.05, 0.1) is 17.1 Å². The molecule has 2 aliphatic rings. The predicted molar refractivity (Wildman–Crippen MR) is 81.7 cm³/mol. The molecule has 2 fully saturated rings. The molecule has 2 aromatic rings. The molecule has 1 aromatic heterocycles. The molecule has 4 nitrogen and oxygen atoms in total. The second-order valence-electron chi connectivity index (χ2n) is 6.31. The second kappa shape index (κ2) is 5.17. The van der Waals surface area contributed by atoms with Crippen molar-refractivity contribution >= 4 is 16.9 Å². The zero-order chi connectivity index (χ0) is 14.2. The van der Waals surface area contributed by atoms with Crippen LogP contribution in [0.3, 0.4) is 0 Å². The molecule has 1 N–H and O–H groups in total. The average Bonchev–Trinajstić information content (AvgIpc) is 2.89. The summed E-state index contributed by atoms with van der Waals surface area (Å²) in [6, 6.07) is 8.23. The van der Waals surface area contributed by atoms with Crippen LogP contribution in [0.15, 0.2) is 24.3 Å². The van der Waals surface area contributed by atoms with Gasteiger partial charge < -0.3 is 9.88 Å². The van der Waals surface area contributed by atoms with Crippen molar-refractivity contribution in [3.05, 3.63) is 30.1 Å². The average molecular weight is 283 g/mol. The first-order valence-corrected chi connectivity index (χ1v) is 8.08. The van der Waals surface area contributed by atoms with Crippen LogP contribution in [0.4, 0.5) is 0 Å². The maximum atomic E-state index is 12.7. The molecule has 2 heterocycles. The fraction of sp³-hybridized carbons (Fsp3) is 0.529. The molecular formula is C17H21N3O. The van der Waals surface area contributed by atoms with E-state index >= 15 is 0 Å². The van der Waals surface area contributed by atoms with Crippen molar-refractivity contribution in [1.82, 2.24) is 14.9 Å². The minimum absolute atomic E-state index is 0.138. The molecule has 1 amide bonds. The number of carbonyl (C=O) groups excluding carboxylic acids is 1. The Morgan fingerprint density at radius 1 is 1.14 bits per heavy atom. The number of nitrogens with zero attached hydrogens (tertiary/aromatic N) is 2. The van der Waals surface area contributed by atoms with Gasteiger partial charge in [0.25, 0.3) is 0 Å². The predicted octanol–water partition coefficient (Wildman–Crippen LogP) is 3.42. The first kappa shape index (κ1) is 12.9. The van der Waals surface area contributed by atoms with Crippen molar-refractivity contribution in [2.45, 2.75) is 44.6 Å². The van der Waals surface area contributed by atoms with Crippen molar-refractivity contribution < 1.29 is 4.79 Å². The van der Waals surface area contributed by atoms with Gasteiger partial charge in [-0.1, -0.05) is 18.6 Å². The molecule has 1 saturated heterocycles. The Labute approximate surface area is 124 Å². The first-order valence-electron chi connectivity index (χ1n) is 8.08. The minimum Gasteiger partial charge on any atom is -0.340 e. The lowest BCUT2D eigenvalue weighted by Gasteiger charge is -2.39. The third-order valence-electron chi connectivity index (χ3n) is 4.96. The van der Waals surface area contributed by atoms with Crippen LogP contribution in [0, 0.1) is 5.92 Å². The Morgan fingerprint density at radius 2 is 2.00 bits per heavy atom. The van der Waals surface area contributed by atoms with Crippen LogP contribution in [-0.4, -0.2) is 27.3 Å². The van der Waals surface area contributed by atoms with Gasteiger partial charge in [-0.3, -0.25) is 4.79 Å². The Bertz CT molecular complexity index is 626. The third kappa shape index (κ3) is 2.23. The quantitative estimate of drug-likeness (QED) is 0.918. The number of rotatable bonds is 2. The molecular weight excluding hydrogens is 262 g/mol. The molecule has 4 heteroatoms. The van der Waals surface area contributed by atoms with E-state index in [-0.39, 0.29) is 12.0 Å². The van der Waals surface area contributed by atoms with Gasteiger partial charge in [0.1, 0.15) is 5.82 Å². The maximum Gasteiger partial charge on any atom is 0.226 e. The lowest BCUT2D eigenvalue weighted by atomic mass is 9.83. The molecule has 1 aliphatic carbocycles. The number of hydrogen-bond donors (Lipinski definition) is 1.